The lowest BCUT2D eigenvalue weighted by atomic mass is 10.3. The first kappa shape index (κ1) is 15.1. The summed E-state index contributed by atoms with van der Waals surface area (Å²) in [5.41, 5.74) is 0. The second-order valence-electron chi connectivity index (χ2n) is 4.26. The van der Waals surface area contributed by atoms with Gasteiger partial charge in [-0.05, 0) is 6.92 Å². The van der Waals surface area contributed by atoms with Crippen LogP contribution in [0.15, 0.2) is 18.7 Å². The number of aliphatic hydroxyl groups excluding tert-OH is 1. The molecule has 0 saturated carbocycles. The quantitative estimate of drug-likeness (QED) is 0.619. The Labute approximate surface area is 122 Å². The monoisotopic (exact) mass is 293 g/mol. The van der Waals surface area contributed by atoms with Gasteiger partial charge in [-0.2, -0.15) is 15.0 Å². The Balaban J connectivity index is 2.27. The molecule has 1 unspecified atom stereocenters. The van der Waals surface area contributed by atoms with Gasteiger partial charge in [0.2, 0.25) is 17.8 Å². The minimum absolute atomic E-state index is 0.0868. The summed E-state index contributed by atoms with van der Waals surface area (Å²) in [5.74, 6) is 1.25. The van der Waals surface area contributed by atoms with Crippen LogP contribution in [0, 0.1) is 0 Å². The molecule has 9 nitrogen and oxygen atoms in total. The van der Waals surface area contributed by atoms with Gasteiger partial charge in [0, 0.05) is 26.0 Å². The van der Waals surface area contributed by atoms with Crippen molar-refractivity contribution in [2.24, 2.45) is 0 Å². The Morgan fingerprint density at radius 3 is 2.76 bits per heavy atom. The number of methoxy groups -OCH3 is 1. The smallest absolute Gasteiger partial charge is 0.241 e. The van der Waals surface area contributed by atoms with Crippen LogP contribution in [0.1, 0.15) is 6.92 Å². The van der Waals surface area contributed by atoms with Crippen LogP contribution in [-0.2, 0) is 4.74 Å². The number of aliphatic hydroxyl groups is 1. The van der Waals surface area contributed by atoms with E-state index in [-0.39, 0.29) is 12.6 Å². The molecule has 0 aromatic carbocycles. The number of rotatable bonds is 8. The van der Waals surface area contributed by atoms with Gasteiger partial charge in [-0.1, -0.05) is 0 Å². The molecule has 0 spiro atoms. The summed E-state index contributed by atoms with van der Waals surface area (Å²) < 4.78 is 6.70. The molecule has 0 bridgehead atoms. The van der Waals surface area contributed by atoms with Gasteiger partial charge < -0.3 is 20.5 Å². The van der Waals surface area contributed by atoms with Crippen molar-refractivity contribution in [1.29, 1.82) is 0 Å². The van der Waals surface area contributed by atoms with Gasteiger partial charge in [-0.25, -0.2) is 4.98 Å². The number of hydrogen-bond acceptors (Lipinski definition) is 8. The van der Waals surface area contributed by atoms with Crippen LogP contribution in [0.2, 0.25) is 0 Å². The highest BCUT2D eigenvalue weighted by molar-refractivity contribution is 5.38. The van der Waals surface area contributed by atoms with Crippen molar-refractivity contribution in [3.05, 3.63) is 18.7 Å². The van der Waals surface area contributed by atoms with Crippen LogP contribution in [0.25, 0.3) is 5.95 Å². The third-order valence-corrected chi connectivity index (χ3v) is 2.62. The topological polar surface area (TPSA) is 110 Å². The maximum Gasteiger partial charge on any atom is 0.241 e. The Kier molecular flexibility index (Phi) is 5.41. The summed E-state index contributed by atoms with van der Waals surface area (Å²) in [6, 6.07) is -0.289. The first-order chi connectivity index (χ1) is 10.3. The molecule has 2 aromatic heterocycles. The molecular formula is C12H19N7O2. The number of imidazole rings is 1. The van der Waals surface area contributed by atoms with Gasteiger partial charge in [0.25, 0.3) is 0 Å². The van der Waals surface area contributed by atoms with E-state index in [2.05, 4.69) is 30.6 Å². The van der Waals surface area contributed by atoms with E-state index in [0.717, 1.165) is 0 Å². The number of hydrogen-bond donors (Lipinski definition) is 3. The van der Waals surface area contributed by atoms with E-state index in [9.17, 15) is 5.11 Å². The lowest BCUT2D eigenvalue weighted by molar-refractivity contribution is 0.153. The van der Waals surface area contributed by atoms with Crippen molar-refractivity contribution in [2.45, 2.75) is 13.0 Å². The van der Waals surface area contributed by atoms with Crippen molar-refractivity contribution >= 4 is 11.9 Å². The van der Waals surface area contributed by atoms with Crippen molar-refractivity contribution in [1.82, 2.24) is 24.5 Å². The van der Waals surface area contributed by atoms with E-state index in [0.29, 0.717) is 31.0 Å². The van der Waals surface area contributed by atoms with Crippen molar-refractivity contribution < 1.29 is 9.84 Å². The molecule has 0 radical (unpaired) electrons. The van der Waals surface area contributed by atoms with Gasteiger partial charge in [0.1, 0.15) is 6.33 Å². The number of nitrogens with zero attached hydrogens (tertiary/aromatic N) is 5. The van der Waals surface area contributed by atoms with E-state index in [4.69, 9.17) is 4.74 Å². The molecule has 0 aliphatic carbocycles. The van der Waals surface area contributed by atoms with Crippen LogP contribution in [0.3, 0.4) is 0 Å². The van der Waals surface area contributed by atoms with E-state index in [1.165, 1.54) is 0 Å². The first-order valence-corrected chi connectivity index (χ1v) is 6.61. The van der Waals surface area contributed by atoms with Gasteiger partial charge >= 0.3 is 0 Å². The average Bonchev–Trinajstić information content (AvgIpc) is 3.01. The molecule has 0 saturated heterocycles. The van der Waals surface area contributed by atoms with E-state index >= 15 is 0 Å². The standard InChI is InChI=1S/C12H19N7O2/c1-3-14-10-16-11(15-9(6-20)7-21-2)18-12(17-10)19-5-4-13-8-19/h4-5,8-9,20H,3,6-7H2,1-2H3,(H2,14,15,16,17,18). The fourth-order valence-electron chi connectivity index (χ4n) is 1.68. The first-order valence-electron chi connectivity index (χ1n) is 6.61. The molecule has 0 amide bonds. The Morgan fingerprint density at radius 1 is 1.33 bits per heavy atom. The minimum atomic E-state index is -0.289. The number of anilines is 2. The minimum Gasteiger partial charge on any atom is -0.394 e. The maximum absolute atomic E-state index is 9.30. The Morgan fingerprint density at radius 2 is 2.14 bits per heavy atom. The summed E-state index contributed by atoms with van der Waals surface area (Å²) >= 11 is 0. The van der Waals surface area contributed by atoms with Crippen molar-refractivity contribution in [3.63, 3.8) is 0 Å². The predicted molar refractivity (Wildman–Crippen MR) is 77.5 cm³/mol. The molecular weight excluding hydrogens is 274 g/mol. The van der Waals surface area contributed by atoms with Crippen LogP contribution in [-0.4, -0.2) is 62.5 Å². The summed E-state index contributed by atoms with van der Waals surface area (Å²) in [4.78, 5) is 16.8. The molecule has 21 heavy (non-hydrogen) atoms. The average molecular weight is 293 g/mol. The summed E-state index contributed by atoms with van der Waals surface area (Å²) in [5, 5.41) is 15.4. The van der Waals surface area contributed by atoms with Crippen LogP contribution >= 0.6 is 0 Å². The molecule has 0 aliphatic heterocycles. The fourth-order valence-corrected chi connectivity index (χ4v) is 1.68. The van der Waals surface area contributed by atoms with Crippen LogP contribution in [0.5, 0.6) is 0 Å². The maximum atomic E-state index is 9.30. The zero-order chi connectivity index (χ0) is 15.1. The zero-order valence-corrected chi connectivity index (χ0v) is 12.0. The molecule has 1 atom stereocenters. The molecule has 114 valence electrons. The summed E-state index contributed by atoms with van der Waals surface area (Å²) in [6.45, 7) is 2.90. The molecule has 3 N–H and O–H groups in total. The molecule has 0 aliphatic rings. The van der Waals surface area contributed by atoms with Crippen LogP contribution < -0.4 is 10.6 Å². The van der Waals surface area contributed by atoms with Crippen molar-refractivity contribution in [3.8, 4) is 5.95 Å². The molecule has 2 aromatic rings. The molecule has 2 rings (SSSR count). The highest BCUT2D eigenvalue weighted by atomic mass is 16.5. The van der Waals surface area contributed by atoms with Gasteiger partial charge in [-0.3, -0.25) is 4.57 Å². The van der Waals surface area contributed by atoms with E-state index in [1.807, 2.05) is 6.92 Å². The highest BCUT2D eigenvalue weighted by Crippen LogP contribution is 2.10. The number of nitrogens with one attached hydrogen (secondary N) is 2. The van der Waals surface area contributed by atoms with Crippen molar-refractivity contribution in [2.75, 3.05) is 37.5 Å². The second kappa shape index (κ2) is 7.50. The predicted octanol–water partition coefficient (Wildman–Crippen LogP) is -0.0917. The normalized spacial score (nSPS) is 12.1. The highest BCUT2D eigenvalue weighted by Gasteiger charge is 2.12. The summed E-state index contributed by atoms with van der Waals surface area (Å²) in [7, 11) is 1.57. The van der Waals surface area contributed by atoms with Gasteiger partial charge in [-0.15, -0.1) is 0 Å². The Bertz CT molecular complexity index is 547. The third-order valence-electron chi connectivity index (χ3n) is 2.62. The lowest BCUT2D eigenvalue weighted by Crippen LogP contribution is -2.30. The lowest BCUT2D eigenvalue weighted by Gasteiger charge is -2.16. The van der Waals surface area contributed by atoms with E-state index < -0.39 is 0 Å². The zero-order valence-electron chi connectivity index (χ0n) is 12.0. The van der Waals surface area contributed by atoms with Crippen LogP contribution in [0.4, 0.5) is 11.9 Å². The molecule has 2 heterocycles. The molecule has 0 fully saturated rings. The third kappa shape index (κ3) is 4.10. The summed E-state index contributed by atoms with van der Waals surface area (Å²) in [6.07, 6.45) is 4.99. The number of ether oxygens (including phenoxy) is 1. The second-order valence-corrected chi connectivity index (χ2v) is 4.26. The SMILES string of the molecule is CCNc1nc(NC(CO)COC)nc(-n2ccnc2)n1. The number of aromatic nitrogens is 5. The fraction of sp³-hybridized carbons (Fsp3) is 0.500. The molecule has 9 heteroatoms. The van der Waals surface area contributed by atoms with Gasteiger partial charge in [0.05, 0.1) is 19.3 Å². The largest absolute Gasteiger partial charge is 0.394 e. The Hall–Kier alpha value is -2.26. The van der Waals surface area contributed by atoms with Gasteiger partial charge in [0.15, 0.2) is 0 Å². The van der Waals surface area contributed by atoms with E-state index in [1.54, 1.807) is 30.4 Å².